The van der Waals surface area contributed by atoms with Crippen molar-refractivity contribution in [2.75, 3.05) is 5.75 Å². The Balaban J connectivity index is 2.79. The van der Waals surface area contributed by atoms with Crippen LogP contribution in [-0.2, 0) is 0 Å². The lowest BCUT2D eigenvalue weighted by molar-refractivity contribution is 0.839. The van der Waals surface area contributed by atoms with E-state index in [0.29, 0.717) is 0 Å². The summed E-state index contributed by atoms with van der Waals surface area (Å²) in [7, 11) is 0. The van der Waals surface area contributed by atoms with E-state index in [1.807, 2.05) is 0 Å². The van der Waals surface area contributed by atoms with E-state index < -0.39 is 0 Å². The van der Waals surface area contributed by atoms with Crippen LogP contribution in [-0.4, -0.2) is 5.75 Å². The van der Waals surface area contributed by atoms with Crippen molar-refractivity contribution < 1.29 is 0 Å². The third-order valence-corrected chi connectivity index (χ3v) is 1.26. The van der Waals surface area contributed by atoms with Gasteiger partial charge < -0.3 is 0 Å². The second kappa shape index (κ2) is 7.26. The minimum absolute atomic E-state index is 0.962. The van der Waals surface area contributed by atoms with Gasteiger partial charge in [-0.15, -0.1) is 0 Å². The van der Waals surface area contributed by atoms with Gasteiger partial charge in [0.2, 0.25) is 0 Å². The summed E-state index contributed by atoms with van der Waals surface area (Å²) in [6, 6.07) is 0. The maximum atomic E-state index is 4.06. The molecule has 8 heavy (non-hydrogen) atoms. The number of hydrogen-bond acceptors (Lipinski definition) is 2. The van der Waals surface area contributed by atoms with Crippen molar-refractivity contribution in [3.05, 3.63) is 0 Å². The Hall–Kier alpha value is 0.260. The van der Waals surface area contributed by atoms with Crippen LogP contribution in [0.2, 0.25) is 0 Å². The first kappa shape index (κ1) is 8.26. The van der Waals surface area contributed by atoms with E-state index in [1.54, 1.807) is 0 Å². The molecule has 0 spiro atoms. The summed E-state index contributed by atoms with van der Waals surface area (Å²) < 4.78 is 0. The molecule has 0 radical (unpaired) electrons. The van der Waals surface area contributed by atoms with Gasteiger partial charge in [0, 0.05) is 6.42 Å². The molecular weight excluding hydrogens is 136 g/mol. The zero-order valence-electron chi connectivity index (χ0n) is 4.72. The summed E-state index contributed by atoms with van der Waals surface area (Å²) in [6.45, 7) is 0. The molecule has 0 aliphatic heterocycles. The number of hydrogen-bond donors (Lipinski definition) is 2. The summed E-state index contributed by atoms with van der Waals surface area (Å²) in [5, 5.41) is 2.55. The van der Waals surface area contributed by atoms with Gasteiger partial charge in [0.1, 0.15) is 0 Å². The fourth-order valence-corrected chi connectivity index (χ4v) is 0.717. The summed E-state index contributed by atoms with van der Waals surface area (Å²) in [4.78, 5) is 0. The molecule has 0 rings (SSSR count). The van der Waals surface area contributed by atoms with E-state index in [2.05, 4.69) is 36.4 Å². The van der Waals surface area contributed by atoms with Crippen LogP contribution in [0.1, 0.15) is 19.3 Å². The third kappa shape index (κ3) is 6.26. The van der Waals surface area contributed by atoms with Gasteiger partial charge in [-0.25, -0.2) is 0 Å². The lowest BCUT2D eigenvalue weighted by atomic mass is 10.3. The topological polar surface area (TPSA) is 0 Å². The molecule has 0 aromatic carbocycles. The van der Waals surface area contributed by atoms with Gasteiger partial charge in [-0.05, 0) is 23.8 Å². The van der Waals surface area contributed by atoms with Crippen LogP contribution in [0, 0.1) is 11.2 Å². The number of rotatable bonds is 3. The fraction of sp³-hybridized carbons (Fsp3) is 0.667. The first-order valence-electron chi connectivity index (χ1n) is 2.64. The van der Waals surface area contributed by atoms with Crippen LogP contribution in [0.4, 0.5) is 0 Å². The van der Waals surface area contributed by atoms with Crippen molar-refractivity contribution in [3.63, 3.8) is 0 Å². The maximum Gasteiger partial charge on any atom is 0.00978 e. The molecule has 0 aromatic rings. The Kier molecular flexibility index (Phi) is 7.50. The van der Waals surface area contributed by atoms with E-state index in [1.165, 1.54) is 0 Å². The van der Waals surface area contributed by atoms with Gasteiger partial charge in [0.15, 0.2) is 0 Å². The van der Waals surface area contributed by atoms with Crippen LogP contribution in [0.25, 0.3) is 0 Å². The summed E-state index contributed by atoms with van der Waals surface area (Å²) >= 11 is 7.80. The molecule has 0 atom stereocenters. The molecule has 0 nitrogen and oxygen atoms in total. The molecule has 0 bridgehead atoms. The molecule has 2 heteroatoms. The second-order valence-electron chi connectivity index (χ2n) is 1.47. The van der Waals surface area contributed by atoms with E-state index in [0.717, 1.165) is 25.0 Å². The zero-order valence-corrected chi connectivity index (χ0v) is 6.51. The standard InChI is InChI=1S/C6H10S2/c7-5-3-1-2-4-6-8/h7-8H,1-3,5H2. The molecule has 0 aliphatic carbocycles. The average molecular weight is 146 g/mol. The van der Waals surface area contributed by atoms with Gasteiger partial charge in [-0.3, -0.25) is 0 Å². The summed E-state index contributed by atoms with van der Waals surface area (Å²) in [5.41, 5.74) is 0. The summed E-state index contributed by atoms with van der Waals surface area (Å²) in [5.74, 6) is 3.83. The molecule has 0 amide bonds. The largest absolute Gasteiger partial charge is 0.179 e. The minimum Gasteiger partial charge on any atom is -0.179 e. The van der Waals surface area contributed by atoms with E-state index >= 15 is 0 Å². The summed E-state index contributed by atoms with van der Waals surface area (Å²) in [6.07, 6.45) is 3.27. The number of thiol groups is 2. The van der Waals surface area contributed by atoms with Crippen LogP contribution in [0.5, 0.6) is 0 Å². The highest BCUT2D eigenvalue weighted by molar-refractivity contribution is 7.85. The van der Waals surface area contributed by atoms with Gasteiger partial charge in [0.25, 0.3) is 0 Å². The maximum absolute atomic E-state index is 4.06. The first-order valence-corrected chi connectivity index (χ1v) is 3.72. The van der Waals surface area contributed by atoms with E-state index in [-0.39, 0.29) is 0 Å². The minimum atomic E-state index is 0.962. The molecule has 0 N–H and O–H groups in total. The van der Waals surface area contributed by atoms with Gasteiger partial charge in [0.05, 0.1) is 0 Å². The average Bonchev–Trinajstić information content (AvgIpc) is 1.81. The van der Waals surface area contributed by atoms with Crippen molar-refractivity contribution in [2.45, 2.75) is 19.3 Å². The quantitative estimate of drug-likeness (QED) is 0.339. The molecular formula is C6H10S2. The number of unbranched alkanes of at least 4 members (excludes halogenated alkanes) is 2. The van der Waals surface area contributed by atoms with Crippen molar-refractivity contribution in [3.8, 4) is 11.2 Å². The van der Waals surface area contributed by atoms with Gasteiger partial charge >= 0.3 is 0 Å². The molecule has 0 unspecified atom stereocenters. The van der Waals surface area contributed by atoms with E-state index in [9.17, 15) is 0 Å². The molecule has 0 fully saturated rings. The Labute approximate surface area is 61.9 Å². The third-order valence-electron chi connectivity index (χ3n) is 0.789. The first-order chi connectivity index (χ1) is 3.91. The van der Waals surface area contributed by atoms with Crippen LogP contribution in [0.3, 0.4) is 0 Å². The normalized spacial score (nSPS) is 7.75. The van der Waals surface area contributed by atoms with Gasteiger partial charge in [-0.2, -0.15) is 12.6 Å². The Bertz CT molecular complexity index is 88.4. The van der Waals surface area contributed by atoms with Crippen molar-refractivity contribution in [2.24, 2.45) is 0 Å². The Morgan fingerprint density at radius 2 is 2.00 bits per heavy atom. The highest BCUT2D eigenvalue weighted by atomic mass is 32.1. The monoisotopic (exact) mass is 146 g/mol. The lowest BCUT2D eigenvalue weighted by Gasteiger charge is -1.86. The SMILES string of the molecule is SC#CCCCCS. The van der Waals surface area contributed by atoms with Crippen molar-refractivity contribution >= 4 is 25.3 Å². The fourth-order valence-electron chi connectivity index (χ4n) is 0.381. The highest BCUT2D eigenvalue weighted by Gasteiger charge is 1.79. The smallest absolute Gasteiger partial charge is 0.00978 e. The van der Waals surface area contributed by atoms with Crippen LogP contribution >= 0.6 is 25.3 Å². The van der Waals surface area contributed by atoms with Crippen molar-refractivity contribution in [1.82, 2.24) is 0 Å². The molecule has 0 heterocycles. The molecule has 0 saturated carbocycles. The Morgan fingerprint density at radius 3 is 2.50 bits per heavy atom. The molecule has 46 valence electrons. The molecule has 0 saturated heterocycles. The van der Waals surface area contributed by atoms with E-state index in [4.69, 9.17) is 0 Å². The predicted octanol–water partition coefficient (Wildman–Crippen LogP) is 1.98. The molecule has 0 aromatic heterocycles. The van der Waals surface area contributed by atoms with Crippen molar-refractivity contribution in [1.29, 1.82) is 0 Å². The second-order valence-corrected chi connectivity index (χ2v) is 2.14. The highest BCUT2D eigenvalue weighted by Crippen LogP contribution is 1.94. The zero-order chi connectivity index (χ0) is 6.24. The predicted molar refractivity (Wildman–Crippen MR) is 44.5 cm³/mol. The lowest BCUT2D eigenvalue weighted by Crippen LogP contribution is -1.73. The van der Waals surface area contributed by atoms with Crippen LogP contribution in [0.15, 0.2) is 0 Å². The van der Waals surface area contributed by atoms with Crippen LogP contribution < -0.4 is 0 Å². The Morgan fingerprint density at radius 1 is 1.25 bits per heavy atom. The molecule has 0 aliphatic rings. The van der Waals surface area contributed by atoms with Gasteiger partial charge in [-0.1, -0.05) is 18.5 Å².